The van der Waals surface area contributed by atoms with Crippen molar-refractivity contribution in [3.8, 4) is 17.1 Å². The molecule has 31 heavy (non-hydrogen) atoms. The van der Waals surface area contributed by atoms with Gasteiger partial charge in [-0.2, -0.15) is 0 Å². The molecule has 152 valence electrons. The van der Waals surface area contributed by atoms with Gasteiger partial charge in [-0.1, -0.05) is 35.9 Å². The number of aliphatic imine (C=N–C) groups is 1. The number of ether oxygens (including phenoxy) is 1. The molecule has 5 rings (SSSR count). The first-order chi connectivity index (χ1) is 15.2. The molecule has 3 aromatic carbocycles. The van der Waals surface area contributed by atoms with Gasteiger partial charge in [-0.05, 0) is 49.4 Å². The van der Waals surface area contributed by atoms with Crippen LogP contribution >= 0.6 is 11.6 Å². The van der Waals surface area contributed by atoms with E-state index in [1.165, 1.54) is 0 Å². The van der Waals surface area contributed by atoms with E-state index in [2.05, 4.69) is 9.97 Å². The van der Waals surface area contributed by atoms with Crippen LogP contribution in [0.5, 0.6) is 5.75 Å². The maximum absolute atomic E-state index is 6.45. The number of aromatic nitrogens is 3. The maximum atomic E-state index is 6.45. The fraction of sp³-hybridized carbons (Fsp3) is 0.0800. The summed E-state index contributed by atoms with van der Waals surface area (Å²) in [6.45, 7) is 2.56. The van der Waals surface area contributed by atoms with Gasteiger partial charge in [-0.25, -0.2) is 9.97 Å². The van der Waals surface area contributed by atoms with Crippen LogP contribution in [0.15, 0.2) is 77.8 Å². The number of pyridine rings is 1. The lowest BCUT2D eigenvalue weighted by Gasteiger charge is -2.06. The molecular formula is C25H19ClN4O. The Morgan fingerprint density at radius 2 is 1.81 bits per heavy atom. The molecular weight excluding hydrogens is 408 g/mol. The van der Waals surface area contributed by atoms with Gasteiger partial charge < -0.3 is 9.72 Å². The molecule has 0 fully saturated rings. The summed E-state index contributed by atoms with van der Waals surface area (Å²) in [7, 11) is 0. The highest BCUT2D eigenvalue weighted by atomic mass is 35.5. The monoisotopic (exact) mass is 426 g/mol. The fourth-order valence-electron chi connectivity index (χ4n) is 3.49. The number of imidazole rings is 1. The van der Waals surface area contributed by atoms with Crippen molar-refractivity contribution in [2.45, 2.75) is 6.92 Å². The van der Waals surface area contributed by atoms with Crippen molar-refractivity contribution in [2.75, 3.05) is 6.61 Å². The molecule has 5 aromatic rings. The number of hydrogen-bond donors (Lipinski definition) is 1. The van der Waals surface area contributed by atoms with Gasteiger partial charge in [0.1, 0.15) is 16.7 Å². The van der Waals surface area contributed by atoms with Crippen molar-refractivity contribution in [1.29, 1.82) is 0 Å². The Labute approximate surface area is 184 Å². The Hall–Kier alpha value is -3.70. The second-order valence-electron chi connectivity index (χ2n) is 7.03. The number of para-hydroxylation sites is 3. The van der Waals surface area contributed by atoms with Crippen molar-refractivity contribution in [3.63, 3.8) is 0 Å². The zero-order chi connectivity index (χ0) is 21.2. The fourth-order valence-corrected chi connectivity index (χ4v) is 3.69. The molecule has 0 atom stereocenters. The van der Waals surface area contributed by atoms with E-state index < -0.39 is 0 Å². The van der Waals surface area contributed by atoms with Crippen molar-refractivity contribution < 1.29 is 4.74 Å². The highest BCUT2D eigenvalue weighted by Gasteiger charge is 2.10. The van der Waals surface area contributed by atoms with Crippen molar-refractivity contribution in [1.82, 2.24) is 15.0 Å². The smallest absolute Gasteiger partial charge is 0.140 e. The van der Waals surface area contributed by atoms with Gasteiger partial charge in [0.25, 0.3) is 0 Å². The summed E-state index contributed by atoms with van der Waals surface area (Å²) in [4.78, 5) is 17.3. The van der Waals surface area contributed by atoms with E-state index in [1.54, 1.807) is 6.21 Å². The lowest BCUT2D eigenvalue weighted by Crippen LogP contribution is -1.93. The van der Waals surface area contributed by atoms with Gasteiger partial charge in [0.05, 0.1) is 28.8 Å². The number of fused-ring (bicyclic) bond motifs is 2. The molecule has 1 N–H and O–H groups in total. The van der Waals surface area contributed by atoms with Gasteiger partial charge in [0, 0.05) is 28.8 Å². The van der Waals surface area contributed by atoms with Gasteiger partial charge in [0.15, 0.2) is 0 Å². The van der Waals surface area contributed by atoms with Crippen molar-refractivity contribution >= 4 is 45.4 Å². The number of benzene rings is 3. The lowest BCUT2D eigenvalue weighted by atomic mass is 10.1. The standard InChI is InChI=1S/C25H19ClN4O/c1-2-31-18-12-11-16-13-17(24(26)28-23(16)14-18)15-27-20-8-4-3-7-19(20)25-29-21-9-5-6-10-22(21)30-25/h3-15H,2H2,1H3,(H,29,30). The predicted molar refractivity (Wildman–Crippen MR) is 127 cm³/mol. The first-order valence-corrected chi connectivity index (χ1v) is 10.4. The van der Waals surface area contributed by atoms with Crippen molar-refractivity contribution in [2.24, 2.45) is 4.99 Å². The third-order valence-electron chi connectivity index (χ3n) is 4.97. The van der Waals surface area contributed by atoms with E-state index in [4.69, 9.17) is 26.3 Å². The van der Waals surface area contributed by atoms with Crippen LogP contribution in [0.2, 0.25) is 5.15 Å². The first-order valence-electron chi connectivity index (χ1n) is 10.0. The molecule has 0 aliphatic rings. The quantitative estimate of drug-likeness (QED) is 0.255. The molecule has 0 unspecified atom stereocenters. The Morgan fingerprint density at radius 1 is 0.968 bits per heavy atom. The Bertz CT molecular complexity index is 1390. The van der Waals surface area contributed by atoms with Crippen LogP contribution in [0.25, 0.3) is 33.3 Å². The molecule has 6 heteroatoms. The predicted octanol–water partition coefficient (Wildman–Crippen LogP) is 6.58. The second-order valence-corrected chi connectivity index (χ2v) is 7.39. The van der Waals surface area contributed by atoms with Crippen LogP contribution in [0.4, 0.5) is 5.69 Å². The van der Waals surface area contributed by atoms with E-state index in [0.29, 0.717) is 11.8 Å². The summed E-state index contributed by atoms with van der Waals surface area (Å²) in [5.74, 6) is 1.56. The van der Waals surface area contributed by atoms with Crippen LogP contribution < -0.4 is 4.74 Å². The molecule has 2 aromatic heterocycles. The topological polar surface area (TPSA) is 63.2 Å². The molecule has 0 aliphatic heterocycles. The van der Waals surface area contributed by atoms with Gasteiger partial charge in [-0.3, -0.25) is 4.99 Å². The Kier molecular flexibility index (Phi) is 5.10. The Morgan fingerprint density at radius 3 is 2.68 bits per heavy atom. The van der Waals surface area contributed by atoms with E-state index in [-0.39, 0.29) is 0 Å². The van der Waals surface area contributed by atoms with Gasteiger partial charge >= 0.3 is 0 Å². The summed E-state index contributed by atoms with van der Waals surface area (Å²) >= 11 is 6.45. The third-order valence-corrected chi connectivity index (χ3v) is 5.27. The molecule has 0 aliphatic carbocycles. The molecule has 2 heterocycles. The van der Waals surface area contributed by atoms with E-state index in [1.807, 2.05) is 79.7 Å². The van der Waals surface area contributed by atoms with E-state index in [0.717, 1.165) is 50.3 Å². The van der Waals surface area contributed by atoms with Crippen LogP contribution in [0.1, 0.15) is 12.5 Å². The van der Waals surface area contributed by atoms with Crippen LogP contribution in [0.3, 0.4) is 0 Å². The second kappa shape index (κ2) is 8.20. The summed E-state index contributed by atoms with van der Waals surface area (Å²) < 4.78 is 5.55. The molecule has 0 spiro atoms. The molecule has 0 radical (unpaired) electrons. The van der Waals surface area contributed by atoms with Gasteiger partial charge in [-0.15, -0.1) is 0 Å². The summed E-state index contributed by atoms with van der Waals surface area (Å²) in [6, 6.07) is 23.6. The number of aromatic amines is 1. The van der Waals surface area contributed by atoms with E-state index in [9.17, 15) is 0 Å². The minimum atomic E-state index is 0.395. The number of nitrogens with zero attached hydrogens (tertiary/aromatic N) is 3. The molecule has 0 amide bonds. The zero-order valence-electron chi connectivity index (χ0n) is 16.8. The van der Waals surface area contributed by atoms with Crippen LogP contribution in [-0.4, -0.2) is 27.8 Å². The minimum Gasteiger partial charge on any atom is -0.494 e. The minimum absolute atomic E-state index is 0.395. The summed E-state index contributed by atoms with van der Waals surface area (Å²) in [5.41, 5.74) is 5.16. The average molecular weight is 427 g/mol. The third kappa shape index (κ3) is 3.88. The number of rotatable bonds is 5. The van der Waals surface area contributed by atoms with Gasteiger partial charge in [0.2, 0.25) is 0 Å². The molecule has 0 bridgehead atoms. The average Bonchev–Trinajstić information content (AvgIpc) is 3.22. The molecule has 0 saturated heterocycles. The lowest BCUT2D eigenvalue weighted by molar-refractivity contribution is 0.340. The zero-order valence-corrected chi connectivity index (χ0v) is 17.6. The number of hydrogen-bond acceptors (Lipinski definition) is 4. The highest BCUT2D eigenvalue weighted by molar-refractivity contribution is 6.32. The van der Waals surface area contributed by atoms with E-state index >= 15 is 0 Å². The first kappa shape index (κ1) is 19.3. The number of H-pyrrole nitrogens is 1. The number of halogens is 1. The Balaban J connectivity index is 1.51. The summed E-state index contributed by atoms with van der Waals surface area (Å²) in [5, 5.41) is 1.37. The molecule has 0 saturated carbocycles. The van der Waals surface area contributed by atoms with Crippen LogP contribution in [-0.2, 0) is 0 Å². The molecule has 5 nitrogen and oxygen atoms in total. The van der Waals surface area contributed by atoms with Crippen LogP contribution in [0, 0.1) is 0 Å². The highest BCUT2D eigenvalue weighted by Crippen LogP contribution is 2.30. The number of nitrogens with one attached hydrogen (secondary N) is 1. The maximum Gasteiger partial charge on any atom is 0.140 e. The normalized spacial score (nSPS) is 11.5. The largest absolute Gasteiger partial charge is 0.494 e. The SMILES string of the molecule is CCOc1ccc2cc(C=Nc3ccccc3-c3nc4ccccc4[nH]3)c(Cl)nc2c1. The summed E-state index contributed by atoms with van der Waals surface area (Å²) in [6.07, 6.45) is 1.74. The van der Waals surface area contributed by atoms with Crippen molar-refractivity contribution in [3.05, 3.63) is 83.5 Å².